The molecule has 7 nitrogen and oxygen atoms in total. The number of hydrogen-bond acceptors (Lipinski definition) is 5. The molecule has 0 aliphatic heterocycles. The monoisotopic (exact) mass is 551 g/mol. The summed E-state index contributed by atoms with van der Waals surface area (Å²) in [5.41, 5.74) is 5.77. The number of nitrogens with two attached hydrogens (primary N) is 1. The number of rotatable bonds is 5. The molecule has 34 heavy (non-hydrogen) atoms. The Kier molecular flexibility index (Phi) is 6.21. The Morgan fingerprint density at radius 1 is 1.24 bits per heavy atom. The minimum absolute atomic E-state index is 0.0216. The van der Waals surface area contributed by atoms with Crippen molar-refractivity contribution >= 4 is 55.0 Å². The van der Waals surface area contributed by atoms with Crippen molar-refractivity contribution in [1.82, 2.24) is 14.8 Å². The van der Waals surface area contributed by atoms with Crippen molar-refractivity contribution in [2.75, 3.05) is 5.32 Å². The van der Waals surface area contributed by atoms with E-state index in [0.717, 1.165) is 6.07 Å². The van der Waals surface area contributed by atoms with Crippen LogP contribution in [0.5, 0.6) is 0 Å². The van der Waals surface area contributed by atoms with E-state index in [9.17, 15) is 22.8 Å². The number of nitrogens with one attached hydrogen (secondary N) is 1. The Balaban J connectivity index is 1.92. The van der Waals surface area contributed by atoms with Gasteiger partial charge in [0.15, 0.2) is 0 Å². The smallest absolute Gasteiger partial charge is 0.365 e. The molecule has 1 aromatic carbocycles. The molecule has 0 saturated carbocycles. The minimum atomic E-state index is -4.71. The summed E-state index contributed by atoms with van der Waals surface area (Å²) in [7, 11) is 0. The maximum Gasteiger partial charge on any atom is 0.433 e. The summed E-state index contributed by atoms with van der Waals surface area (Å²) in [5, 5.41) is 7.07. The number of primary amides is 1. The lowest BCUT2D eigenvalue weighted by molar-refractivity contribution is -0.140. The maximum absolute atomic E-state index is 13.6. The summed E-state index contributed by atoms with van der Waals surface area (Å²) in [4.78, 5) is 28.9. The molecular weight excluding hydrogens is 535 g/mol. The van der Waals surface area contributed by atoms with E-state index in [2.05, 4.69) is 31.3 Å². The molecule has 1 atom stereocenters. The van der Waals surface area contributed by atoms with Gasteiger partial charge >= 0.3 is 6.18 Å². The zero-order valence-corrected chi connectivity index (χ0v) is 20.2. The summed E-state index contributed by atoms with van der Waals surface area (Å²) in [6, 6.07) is 8.46. The van der Waals surface area contributed by atoms with Crippen LogP contribution >= 0.6 is 27.3 Å². The number of pyridine rings is 1. The second-order valence-electron chi connectivity index (χ2n) is 7.46. The molecular formula is C22H17BrF3N5O2S. The third kappa shape index (κ3) is 4.30. The summed E-state index contributed by atoms with van der Waals surface area (Å²) in [5.74, 6) is -1.42. The Morgan fingerprint density at radius 3 is 2.47 bits per heavy atom. The van der Waals surface area contributed by atoms with Crippen LogP contribution in [0, 0.1) is 6.92 Å². The molecule has 1 unspecified atom stereocenters. The van der Waals surface area contributed by atoms with Crippen molar-refractivity contribution in [3.8, 4) is 11.1 Å². The number of aromatic nitrogens is 3. The highest BCUT2D eigenvalue weighted by Gasteiger charge is 2.35. The number of alkyl halides is 3. The predicted octanol–water partition coefficient (Wildman–Crippen LogP) is 5.55. The van der Waals surface area contributed by atoms with E-state index in [1.54, 1.807) is 50.4 Å². The molecule has 3 aromatic heterocycles. The lowest BCUT2D eigenvalue weighted by Crippen LogP contribution is -2.26. The van der Waals surface area contributed by atoms with Gasteiger partial charge in [-0.15, -0.1) is 11.3 Å². The van der Waals surface area contributed by atoms with Crippen molar-refractivity contribution in [3.63, 3.8) is 0 Å². The Labute approximate surface area is 203 Å². The lowest BCUT2D eigenvalue weighted by Gasteiger charge is -2.16. The van der Waals surface area contributed by atoms with Gasteiger partial charge in [-0.3, -0.25) is 14.3 Å². The number of amides is 2. The van der Waals surface area contributed by atoms with Crippen LogP contribution < -0.4 is 11.1 Å². The van der Waals surface area contributed by atoms with Gasteiger partial charge in [0, 0.05) is 5.39 Å². The number of carbonyl (C=O) groups excluding carboxylic acids is 2. The lowest BCUT2D eigenvalue weighted by atomic mass is 10.0. The molecule has 0 saturated heterocycles. The van der Waals surface area contributed by atoms with Crippen molar-refractivity contribution in [2.24, 2.45) is 5.73 Å². The van der Waals surface area contributed by atoms with Crippen LogP contribution in [0.3, 0.4) is 0 Å². The van der Waals surface area contributed by atoms with Gasteiger partial charge in [0.25, 0.3) is 5.91 Å². The first kappa shape index (κ1) is 23.9. The van der Waals surface area contributed by atoms with Crippen LogP contribution in [-0.2, 0) is 11.0 Å². The van der Waals surface area contributed by atoms with E-state index in [4.69, 9.17) is 5.73 Å². The topological polar surface area (TPSA) is 103 Å². The van der Waals surface area contributed by atoms with Crippen LogP contribution in [0.1, 0.15) is 34.0 Å². The Hall–Kier alpha value is -3.25. The van der Waals surface area contributed by atoms with E-state index in [1.165, 1.54) is 4.68 Å². The molecule has 0 aliphatic rings. The number of halogens is 4. The van der Waals surface area contributed by atoms with Crippen molar-refractivity contribution in [1.29, 1.82) is 0 Å². The van der Waals surface area contributed by atoms with Crippen molar-refractivity contribution < 1.29 is 22.8 Å². The fraction of sp³-hybridized carbons (Fsp3) is 0.182. The van der Waals surface area contributed by atoms with Crippen molar-refractivity contribution in [2.45, 2.75) is 26.1 Å². The highest BCUT2D eigenvalue weighted by molar-refractivity contribution is 9.10. The molecule has 0 bridgehead atoms. The van der Waals surface area contributed by atoms with Gasteiger partial charge in [0.1, 0.15) is 21.4 Å². The van der Waals surface area contributed by atoms with Crippen LogP contribution in [0.25, 0.3) is 21.3 Å². The molecule has 4 rings (SSSR count). The first-order valence-electron chi connectivity index (χ1n) is 9.89. The summed E-state index contributed by atoms with van der Waals surface area (Å²) >= 11 is 4.04. The minimum Gasteiger partial charge on any atom is -0.365 e. The number of fused-ring (bicyclic) bond motifs is 1. The molecule has 12 heteroatoms. The van der Waals surface area contributed by atoms with Gasteiger partial charge in [-0.05, 0) is 47.0 Å². The fourth-order valence-corrected chi connectivity index (χ4v) is 4.79. The maximum atomic E-state index is 13.6. The normalized spacial score (nSPS) is 12.6. The zero-order valence-electron chi connectivity index (χ0n) is 17.8. The number of benzene rings is 1. The van der Waals surface area contributed by atoms with E-state index in [0.29, 0.717) is 27.1 Å². The SMILES string of the molecule is Cc1c(Br)cnn1C(C)C(=O)Nc1c(C(N)=O)sc2nc(C(F)(F)F)cc(-c3ccccc3)c12. The fourth-order valence-electron chi connectivity index (χ4n) is 3.51. The predicted molar refractivity (Wildman–Crippen MR) is 127 cm³/mol. The standard InChI is InChI=1S/C22H17BrF3N5O2S/c1-10-14(23)9-28-31(10)11(2)20(33)30-17-16-13(12-6-4-3-5-7-12)8-15(22(24,25)26)29-21(16)34-18(17)19(27)32/h3-9,11H,1-2H3,(H2,27,32)(H,30,33). The van der Waals surface area contributed by atoms with Crippen LogP contribution in [0.15, 0.2) is 47.1 Å². The first-order chi connectivity index (χ1) is 16.0. The Bertz CT molecular complexity index is 1420. The molecule has 2 amide bonds. The molecule has 0 spiro atoms. The van der Waals surface area contributed by atoms with Crippen LogP contribution in [0.4, 0.5) is 18.9 Å². The highest BCUT2D eigenvalue weighted by atomic mass is 79.9. The summed E-state index contributed by atoms with van der Waals surface area (Å²) in [6.07, 6.45) is -3.17. The average molecular weight is 552 g/mol. The molecule has 3 heterocycles. The average Bonchev–Trinajstić information content (AvgIpc) is 3.32. The van der Waals surface area contributed by atoms with Gasteiger partial charge in [-0.2, -0.15) is 18.3 Å². The quantitative estimate of drug-likeness (QED) is 0.339. The third-order valence-electron chi connectivity index (χ3n) is 5.24. The molecule has 4 aromatic rings. The summed E-state index contributed by atoms with van der Waals surface area (Å²) < 4.78 is 43.0. The second-order valence-corrected chi connectivity index (χ2v) is 9.31. The van der Waals surface area contributed by atoms with Crippen molar-refractivity contribution in [3.05, 3.63) is 63.3 Å². The second kappa shape index (κ2) is 8.84. The number of carbonyl (C=O) groups is 2. The summed E-state index contributed by atoms with van der Waals surface area (Å²) in [6.45, 7) is 3.38. The van der Waals surface area contributed by atoms with Gasteiger partial charge in [0.05, 0.1) is 22.1 Å². The molecule has 0 aliphatic carbocycles. The first-order valence-corrected chi connectivity index (χ1v) is 11.5. The third-order valence-corrected chi connectivity index (χ3v) is 7.12. The zero-order chi connectivity index (χ0) is 24.8. The number of thiophene rings is 1. The largest absolute Gasteiger partial charge is 0.433 e. The van der Waals surface area contributed by atoms with Gasteiger partial charge in [-0.1, -0.05) is 30.3 Å². The van der Waals surface area contributed by atoms with E-state index < -0.39 is 29.7 Å². The van der Waals surface area contributed by atoms with Crippen LogP contribution in [-0.4, -0.2) is 26.6 Å². The molecule has 0 radical (unpaired) electrons. The van der Waals surface area contributed by atoms with Crippen LogP contribution in [0.2, 0.25) is 0 Å². The van der Waals surface area contributed by atoms with E-state index in [-0.39, 0.29) is 26.3 Å². The molecule has 0 fully saturated rings. The number of nitrogens with zero attached hydrogens (tertiary/aromatic N) is 3. The Morgan fingerprint density at radius 2 is 1.91 bits per heavy atom. The van der Waals surface area contributed by atoms with Gasteiger partial charge < -0.3 is 11.1 Å². The molecule has 3 N–H and O–H groups in total. The van der Waals surface area contributed by atoms with Gasteiger partial charge in [-0.25, -0.2) is 4.98 Å². The number of hydrogen-bond donors (Lipinski definition) is 2. The highest BCUT2D eigenvalue weighted by Crippen LogP contribution is 2.43. The molecule has 176 valence electrons. The van der Waals surface area contributed by atoms with E-state index in [1.807, 2.05) is 0 Å². The van der Waals surface area contributed by atoms with E-state index >= 15 is 0 Å². The number of anilines is 1. The van der Waals surface area contributed by atoms with Gasteiger partial charge in [0.2, 0.25) is 5.91 Å².